The maximum absolute atomic E-state index is 2.31. The van der Waals surface area contributed by atoms with Crippen LogP contribution in [0.2, 0.25) is 0 Å². The molecule has 0 aromatic heterocycles. The summed E-state index contributed by atoms with van der Waals surface area (Å²) in [5, 5.41) is 0. The molecule has 1 aliphatic heterocycles. The predicted octanol–water partition coefficient (Wildman–Crippen LogP) is -2.92. The first-order valence-corrected chi connectivity index (χ1v) is 3.65. The van der Waals surface area contributed by atoms with Crippen molar-refractivity contribution in [1.29, 1.82) is 0 Å². The number of nitrogens with one attached hydrogen (secondary N) is 1. The summed E-state index contributed by atoms with van der Waals surface area (Å²) in [6, 6.07) is 0.859. The molecule has 0 amide bonds. The Bertz CT molecular complexity index is 67.3. The van der Waals surface area contributed by atoms with Gasteiger partial charge in [0.05, 0.1) is 19.1 Å². The van der Waals surface area contributed by atoms with Crippen LogP contribution >= 0.6 is 0 Å². The van der Waals surface area contributed by atoms with Crippen LogP contribution in [0, 0.1) is 0 Å². The van der Waals surface area contributed by atoms with E-state index in [-0.39, 0.29) is 12.4 Å². The zero-order valence-electron chi connectivity index (χ0n) is 6.28. The fraction of sp³-hybridized carbons (Fsp3) is 1.00. The Kier molecular flexibility index (Phi) is 4.24. The van der Waals surface area contributed by atoms with Crippen LogP contribution in [-0.4, -0.2) is 19.1 Å². The molecule has 1 aliphatic rings. The van der Waals surface area contributed by atoms with Gasteiger partial charge in [-0.05, 0) is 13.8 Å². The first-order chi connectivity index (χ1) is 3.80. The lowest BCUT2D eigenvalue weighted by Crippen LogP contribution is -3.13. The molecule has 0 bridgehead atoms. The van der Waals surface area contributed by atoms with E-state index in [9.17, 15) is 0 Å². The van der Waals surface area contributed by atoms with Crippen LogP contribution in [0.1, 0.15) is 26.7 Å². The van der Waals surface area contributed by atoms with Crippen LogP contribution in [0.25, 0.3) is 0 Å². The van der Waals surface area contributed by atoms with E-state index < -0.39 is 0 Å². The number of halogens is 1. The van der Waals surface area contributed by atoms with Crippen LogP contribution in [0.4, 0.5) is 0 Å². The molecule has 0 saturated carbocycles. The summed E-state index contributed by atoms with van der Waals surface area (Å²) in [6.45, 7) is 7.44. The summed E-state index contributed by atoms with van der Waals surface area (Å²) in [5.41, 5.74) is 0. The summed E-state index contributed by atoms with van der Waals surface area (Å²) in [7, 11) is 0. The van der Waals surface area contributed by atoms with Crippen molar-refractivity contribution >= 4 is 0 Å². The van der Waals surface area contributed by atoms with E-state index in [1.165, 1.54) is 25.9 Å². The number of hydrogen-bond acceptors (Lipinski definition) is 0. The van der Waals surface area contributed by atoms with Gasteiger partial charge in [0.2, 0.25) is 0 Å². The molecule has 0 aromatic carbocycles. The van der Waals surface area contributed by atoms with Gasteiger partial charge in [-0.2, -0.15) is 0 Å². The third-order valence-electron chi connectivity index (χ3n) is 2.06. The van der Waals surface area contributed by atoms with E-state index in [1.807, 2.05) is 0 Å². The number of quaternary nitrogens is 1. The van der Waals surface area contributed by atoms with Gasteiger partial charge in [0.15, 0.2) is 0 Å². The lowest BCUT2D eigenvalue weighted by atomic mass is 10.3. The van der Waals surface area contributed by atoms with Crippen LogP contribution in [-0.2, 0) is 0 Å². The van der Waals surface area contributed by atoms with Gasteiger partial charge in [-0.1, -0.05) is 0 Å². The smallest absolute Gasteiger partial charge is 0.0817 e. The molecule has 9 heavy (non-hydrogen) atoms. The fourth-order valence-corrected chi connectivity index (χ4v) is 1.41. The zero-order valence-corrected chi connectivity index (χ0v) is 7.04. The normalized spacial score (nSPS) is 20.3. The summed E-state index contributed by atoms with van der Waals surface area (Å²) >= 11 is 0. The van der Waals surface area contributed by atoms with Crippen molar-refractivity contribution in [2.24, 2.45) is 0 Å². The van der Waals surface area contributed by atoms with Crippen LogP contribution in [0.5, 0.6) is 0 Å². The van der Waals surface area contributed by atoms with E-state index in [4.69, 9.17) is 0 Å². The van der Waals surface area contributed by atoms with Crippen molar-refractivity contribution in [3.05, 3.63) is 0 Å². The molecule has 0 spiro atoms. The highest BCUT2D eigenvalue weighted by atomic mass is 35.5. The molecule has 0 aliphatic carbocycles. The van der Waals surface area contributed by atoms with E-state index in [0.29, 0.717) is 0 Å². The molecule has 0 atom stereocenters. The number of hydrogen-bond donors (Lipinski definition) is 1. The molecule has 0 unspecified atom stereocenters. The molecule has 56 valence electrons. The number of rotatable bonds is 1. The van der Waals surface area contributed by atoms with E-state index >= 15 is 0 Å². The zero-order chi connectivity index (χ0) is 5.98. The molecular weight excluding hydrogens is 134 g/mol. The summed E-state index contributed by atoms with van der Waals surface area (Å²) in [5.74, 6) is 0. The second-order valence-corrected chi connectivity index (χ2v) is 3.02. The minimum absolute atomic E-state index is 0. The van der Waals surface area contributed by atoms with Crippen LogP contribution in [0.3, 0.4) is 0 Å². The van der Waals surface area contributed by atoms with Gasteiger partial charge in [-0.15, -0.1) is 0 Å². The van der Waals surface area contributed by atoms with E-state index in [0.717, 1.165) is 6.04 Å². The average Bonchev–Trinajstić information content (AvgIpc) is 2.12. The molecule has 1 fully saturated rings. The second kappa shape index (κ2) is 4.13. The SMILES string of the molecule is CC(C)[NH+]1CCCC1.[Cl-]. The molecule has 2 heteroatoms. The molecule has 1 N–H and O–H groups in total. The molecule has 1 saturated heterocycles. The van der Waals surface area contributed by atoms with Gasteiger partial charge in [0.25, 0.3) is 0 Å². The van der Waals surface area contributed by atoms with Gasteiger partial charge >= 0.3 is 0 Å². The van der Waals surface area contributed by atoms with E-state index in [2.05, 4.69) is 13.8 Å². The topological polar surface area (TPSA) is 4.44 Å². The third-order valence-corrected chi connectivity index (χ3v) is 2.06. The minimum atomic E-state index is 0. The second-order valence-electron chi connectivity index (χ2n) is 3.02. The average molecular weight is 150 g/mol. The van der Waals surface area contributed by atoms with Gasteiger partial charge < -0.3 is 17.3 Å². The van der Waals surface area contributed by atoms with Crippen molar-refractivity contribution in [1.82, 2.24) is 0 Å². The minimum Gasteiger partial charge on any atom is -1.00 e. The van der Waals surface area contributed by atoms with Gasteiger partial charge in [0, 0.05) is 12.8 Å². The van der Waals surface area contributed by atoms with Crippen LogP contribution < -0.4 is 17.3 Å². The van der Waals surface area contributed by atoms with Crippen molar-refractivity contribution in [2.45, 2.75) is 32.7 Å². The van der Waals surface area contributed by atoms with Crippen molar-refractivity contribution < 1.29 is 17.3 Å². The number of likely N-dealkylation sites (tertiary alicyclic amines) is 1. The molecule has 1 heterocycles. The molecule has 0 aromatic rings. The van der Waals surface area contributed by atoms with Gasteiger partial charge in [-0.3, -0.25) is 0 Å². The highest BCUT2D eigenvalue weighted by Gasteiger charge is 2.17. The third kappa shape index (κ3) is 2.55. The Balaban J connectivity index is 0.000000640. The summed E-state index contributed by atoms with van der Waals surface area (Å²) in [4.78, 5) is 1.80. The molecular formula is C7H16ClN. The van der Waals surface area contributed by atoms with Gasteiger partial charge in [0.1, 0.15) is 0 Å². The lowest BCUT2D eigenvalue weighted by molar-refractivity contribution is -0.909. The Morgan fingerprint density at radius 1 is 1.11 bits per heavy atom. The Morgan fingerprint density at radius 3 is 1.78 bits per heavy atom. The quantitative estimate of drug-likeness (QED) is 0.408. The molecule has 1 nitrogen and oxygen atoms in total. The van der Waals surface area contributed by atoms with Crippen molar-refractivity contribution in [3.63, 3.8) is 0 Å². The Hall–Kier alpha value is 0.250. The van der Waals surface area contributed by atoms with Crippen LogP contribution in [0.15, 0.2) is 0 Å². The molecule has 1 rings (SSSR count). The van der Waals surface area contributed by atoms with Crippen molar-refractivity contribution in [3.8, 4) is 0 Å². The highest BCUT2D eigenvalue weighted by molar-refractivity contribution is 4.46. The maximum Gasteiger partial charge on any atom is 0.0817 e. The highest BCUT2D eigenvalue weighted by Crippen LogP contribution is 1.88. The molecule has 0 radical (unpaired) electrons. The van der Waals surface area contributed by atoms with E-state index in [1.54, 1.807) is 4.90 Å². The standard InChI is InChI=1S/C7H15N.ClH/c1-7(2)8-5-3-4-6-8;/h7H,3-6H2,1-2H3;1H. The van der Waals surface area contributed by atoms with Gasteiger partial charge in [-0.25, -0.2) is 0 Å². The Labute approximate surface area is 63.8 Å². The summed E-state index contributed by atoms with van der Waals surface area (Å²) < 4.78 is 0. The summed E-state index contributed by atoms with van der Waals surface area (Å²) in [6.07, 6.45) is 2.90. The maximum atomic E-state index is 2.31. The fourth-order valence-electron chi connectivity index (χ4n) is 1.41. The first kappa shape index (κ1) is 9.25. The van der Waals surface area contributed by atoms with Crippen molar-refractivity contribution in [2.75, 3.05) is 13.1 Å². The predicted molar refractivity (Wildman–Crippen MR) is 35.1 cm³/mol. The largest absolute Gasteiger partial charge is 1.00 e. The lowest BCUT2D eigenvalue weighted by Gasteiger charge is -2.15. The Morgan fingerprint density at radius 2 is 1.56 bits per heavy atom. The first-order valence-electron chi connectivity index (χ1n) is 3.65. The monoisotopic (exact) mass is 149 g/mol.